The normalized spacial score (nSPS) is 15.1. The summed E-state index contributed by atoms with van der Waals surface area (Å²) in [4.78, 5) is 14.5. The van der Waals surface area contributed by atoms with E-state index in [1.165, 1.54) is 11.0 Å². The Labute approximate surface area is 178 Å². The molecule has 1 aliphatic rings. The number of fused-ring (bicyclic) bond motifs is 1. The molecular formula is C23H19ClF2N2O2. The fourth-order valence-corrected chi connectivity index (χ4v) is 3.73. The summed E-state index contributed by atoms with van der Waals surface area (Å²) in [6.45, 7) is 0.610. The first kappa shape index (κ1) is 20.2. The van der Waals surface area contributed by atoms with E-state index in [4.69, 9.17) is 16.3 Å². The quantitative estimate of drug-likeness (QED) is 0.565. The molecule has 1 atom stereocenters. The van der Waals surface area contributed by atoms with E-state index in [1.54, 1.807) is 18.2 Å². The van der Waals surface area contributed by atoms with Crippen molar-refractivity contribution in [1.29, 1.82) is 0 Å². The Hall–Kier alpha value is -3.12. The molecule has 154 valence electrons. The monoisotopic (exact) mass is 428 g/mol. The molecule has 1 aliphatic heterocycles. The standard InChI is InChI=1S/C23H19ClF2N2O2/c24-16-6-8-18-20(10-11-30-22(18)12-16)28(21-9-7-17(25)13-19(21)26)23(29)27-14-15-4-2-1-3-5-15/h1-9,12-13,20H,10-11,14H2,(H,27,29). The SMILES string of the molecule is O=C(NCc1ccccc1)N(c1ccc(F)cc1F)C1CCOc2cc(Cl)ccc21. The number of rotatable bonds is 4. The van der Waals surface area contributed by atoms with Gasteiger partial charge in [0, 0.05) is 29.6 Å². The van der Waals surface area contributed by atoms with Crippen molar-refractivity contribution in [1.82, 2.24) is 5.32 Å². The third-order valence-corrected chi connectivity index (χ3v) is 5.20. The molecule has 0 aromatic heterocycles. The van der Waals surface area contributed by atoms with Crippen LogP contribution < -0.4 is 15.0 Å². The molecule has 30 heavy (non-hydrogen) atoms. The number of halogens is 3. The van der Waals surface area contributed by atoms with Gasteiger partial charge in [0.25, 0.3) is 0 Å². The first-order chi connectivity index (χ1) is 14.5. The Morgan fingerprint density at radius 3 is 2.67 bits per heavy atom. The minimum absolute atomic E-state index is 0.00485. The van der Waals surface area contributed by atoms with Crippen LogP contribution in [0, 0.1) is 11.6 Å². The highest BCUT2D eigenvalue weighted by Gasteiger charge is 2.33. The Kier molecular flexibility index (Phi) is 5.86. The lowest BCUT2D eigenvalue weighted by molar-refractivity contribution is 0.233. The Morgan fingerprint density at radius 1 is 1.10 bits per heavy atom. The van der Waals surface area contributed by atoms with Gasteiger partial charge in [-0.3, -0.25) is 4.90 Å². The number of urea groups is 1. The molecule has 1 N–H and O–H groups in total. The molecule has 0 spiro atoms. The molecule has 4 rings (SSSR count). The number of ether oxygens (including phenoxy) is 1. The molecule has 0 saturated carbocycles. The summed E-state index contributed by atoms with van der Waals surface area (Å²) in [7, 11) is 0. The first-order valence-corrected chi connectivity index (χ1v) is 9.89. The minimum Gasteiger partial charge on any atom is -0.493 e. The average molecular weight is 429 g/mol. The fourth-order valence-electron chi connectivity index (χ4n) is 3.57. The zero-order valence-electron chi connectivity index (χ0n) is 15.9. The van der Waals surface area contributed by atoms with E-state index < -0.39 is 23.7 Å². The third kappa shape index (κ3) is 4.24. The highest BCUT2D eigenvalue weighted by Crippen LogP contribution is 2.40. The molecule has 2 amide bonds. The average Bonchev–Trinajstić information content (AvgIpc) is 2.74. The van der Waals surface area contributed by atoms with Gasteiger partial charge in [0.2, 0.25) is 0 Å². The molecule has 3 aromatic rings. The van der Waals surface area contributed by atoms with Crippen LogP contribution >= 0.6 is 11.6 Å². The zero-order chi connectivity index (χ0) is 21.1. The lowest BCUT2D eigenvalue weighted by Crippen LogP contribution is -2.44. The van der Waals surface area contributed by atoms with Crippen molar-refractivity contribution in [3.63, 3.8) is 0 Å². The van der Waals surface area contributed by atoms with Gasteiger partial charge in [-0.25, -0.2) is 13.6 Å². The molecule has 3 aromatic carbocycles. The van der Waals surface area contributed by atoms with Crippen LogP contribution in [0.25, 0.3) is 0 Å². The predicted molar refractivity (Wildman–Crippen MR) is 112 cm³/mol. The summed E-state index contributed by atoms with van der Waals surface area (Å²) in [5.74, 6) is -0.978. The third-order valence-electron chi connectivity index (χ3n) is 4.97. The molecule has 1 unspecified atom stereocenters. The van der Waals surface area contributed by atoms with E-state index in [1.807, 2.05) is 30.3 Å². The molecule has 0 bridgehead atoms. The van der Waals surface area contributed by atoms with Crippen LogP contribution in [0.1, 0.15) is 23.6 Å². The van der Waals surface area contributed by atoms with Crippen LogP contribution in [0.3, 0.4) is 0 Å². The summed E-state index contributed by atoms with van der Waals surface area (Å²) in [6.07, 6.45) is 0.449. The highest BCUT2D eigenvalue weighted by atomic mass is 35.5. The largest absolute Gasteiger partial charge is 0.493 e. The van der Waals surface area contributed by atoms with E-state index in [9.17, 15) is 13.6 Å². The van der Waals surface area contributed by atoms with Crippen LogP contribution in [0.2, 0.25) is 5.02 Å². The maximum absolute atomic E-state index is 14.7. The number of carbonyl (C=O) groups is 1. The molecule has 7 heteroatoms. The second-order valence-corrected chi connectivity index (χ2v) is 7.38. The van der Waals surface area contributed by atoms with Crippen molar-refractivity contribution in [3.8, 4) is 5.75 Å². The highest BCUT2D eigenvalue weighted by molar-refractivity contribution is 6.30. The Bertz CT molecular complexity index is 1060. The summed E-state index contributed by atoms with van der Waals surface area (Å²) in [5.41, 5.74) is 1.61. The molecule has 0 saturated heterocycles. The number of hydrogen-bond acceptors (Lipinski definition) is 2. The van der Waals surface area contributed by atoms with Crippen molar-refractivity contribution >= 4 is 23.3 Å². The number of nitrogens with zero attached hydrogens (tertiary/aromatic N) is 1. The number of anilines is 1. The van der Waals surface area contributed by atoms with Gasteiger partial charge in [-0.05, 0) is 29.8 Å². The van der Waals surface area contributed by atoms with E-state index in [0.29, 0.717) is 29.4 Å². The zero-order valence-corrected chi connectivity index (χ0v) is 16.7. The van der Waals surface area contributed by atoms with Gasteiger partial charge in [0.05, 0.1) is 18.3 Å². The van der Waals surface area contributed by atoms with Crippen molar-refractivity contribution in [3.05, 3.63) is 94.5 Å². The van der Waals surface area contributed by atoms with E-state index in [2.05, 4.69) is 5.32 Å². The van der Waals surface area contributed by atoms with Crippen molar-refractivity contribution in [2.24, 2.45) is 0 Å². The molecule has 1 heterocycles. The van der Waals surface area contributed by atoms with Gasteiger partial charge in [-0.1, -0.05) is 48.0 Å². The van der Waals surface area contributed by atoms with Crippen molar-refractivity contribution in [2.75, 3.05) is 11.5 Å². The molecular weight excluding hydrogens is 410 g/mol. The lowest BCUT2D eigenvalue weighted by atomic mass is 9.98. The summed E-state index contributed by atoms with van der Waals surface area (Å²) in [6, 6.07) is 16.7. The Balaban J connectivity index is 1.70. The van der Waals surface area contributed by atoms with E-state index >= 15 is 0 Å². The van der Waals surface area contributed by atoms with Gasteiger partial charge < -0.3 is 10.1 Å². The van der Waals surface area contributed by atoms with Gasteiger partial charge in [-0.2, -0.15) is 0 Å². The molecule has 0 radical (unpaired) electrons. The van der Waals surface area contributed by atoms with Crippen LogP contribution in [0.4, 0.5) is 19.3 Å². The van der Waals surface area contributed by atoms with Crippen molar-refractivity contribution in [2.45, 2.75) is 19.0 Å². The number of nitrogens with one attached hydrogen (secondary N) is 1. The Morgan fingerprint density at radius 2 is 1.90 bits per heavy atom. The number of carbonyl (C=O) groups excluding carboxylic acids is 1. The van der Waals surface area contributed by atoms with Crippen LogP contribution in [0.5, 0.6) is 5.75 Å². The maximum atomic E-state index is 14.7. The van der Waals surface area contributed by atoms with Crippen LogP contribution in [-0.2, 0) is 6.54 Å². The number of amides is 2. The van der Waals surface area contributed by atoms with Gasteiger partial charge >= 0.3 is 6.03 Å². The van der Waals surface area contributed by atoms with Crippen LogP contribution in [-0.4, -0.2) is 12.6 Å². The number of benzene rings is 3. The second kappa shape index (κ2) is 8.71. The summed E-state index contributed by atoms with van der Waals surface area (Å²) < 4.78 is 33.9. The summed E-state index contributed by atoms with van der Waals surface area (Å²) >= 11 is 6.07. The minimum atomic E-state index is -0.813. The maximum Gasteiger partial charge on any atom is 0.322 e. The van der Waals surface area contributed by atoms with Crippen molar-refractivity contribution < 1.29 is 18.3 Å². The molecule has 0 fully saturated rings. The van der Waals surface area contributed by atoms with Crippen LogP contribution in [0.15, 0.2) is 66.7 Å². The van der Waals surface area contributed by atoms with Gasteiger partial charge in [-0.15, -0.1) is 0 Å². The first-order valence-electron chi connectivity index (χ1n) is 9.51. The van der Waals surface area contributed by atoms with E-state index in [-0.39, 0.29) is 12.2 Å². The fraction of sp³-hybridized carbons (Fsp3) is 0.174. The topological polar surface area (TPSA) is 41.6 Å². The summed E-state index contributed by atoms with van der Waals surface area (Å²) in [5, 5.41) is 3.34. The van der Waals surface area contributed by atoms with Gasteiger partial charge in [0.15, 0.2) is 0 Å². The van der Waals surface area contributed by atoms with E-state index in [0.717, 1.165) is 17.7 Å². The predicted octanol–water partition coefficient (Wildman–Crippen LogP) is 5.86. The lowest BCUT2D eigenvalue weighted by Gasteiger charge is -2.36. The molecule has 0 aliphatic carbocycles. The van der Waals surface area contributed by atoms with Gasteiger partial charge in [0.1, 0.15) is 17.4 Å². The second-order valence-electron chi connectivity index (χ2n) is 6.95. The molecule has 4 nitrogen and oxygen atoms in total. The smallest absolute Gasteiger partial charge is 0.322 e. The number of hydrogen-bond donors (Lipinski definition) is 1.